The third-order valence-electron chi connectivity index (χ3n) is 3.09. The lowest BCUT2D eigenvalue weighted by molar-refractivity contribution is 0.236. The van der Waals surface area contributed by atoms with E-state index in [-0.39, 0.29) is 17.8 Å². The number of nitrogens with zero attached hydrogens (tertiary/aromatic N) is 1. The van der Waals surface area contributed by atoms with Gasteiger partial charge in [-0.25, -0.2) is 4.79 Å². The van der Waals surface area contributed by atoms with Crippen molar-refractivity contribution in [3.8, 4) is 5.75 Å². The summed E-state index contributed by atoms with van der Waals surface area (Å²) in [5, 5.41) is 15.0. The van der Waals surface area contributed by atoms with E-state index in [9.17, 15) is 9.90 Å². The van der Waals surface area contributed by atoms with Gasteiger partial charge < -0.3 is 20.6 Å². The average Bonchev–Trinajstić information content (AvgIpc) is 2.72. The summed E-state index contributed by atoms with van der Waals surface area (Å²) in [5.41, 5.74) is 0.883. The molecule has 1 aliphatic heterocycles. The fourth-order valence-electron chi connectivity index (χ4n) is 2.14. The molecule has 18 heavy (non-hydrogen) atoms. The van der Waals surface area contributed by atoms with E-state index in [1.807, 2.05) is 13.1 Å². The lowest BCUT2D eigenvalue weighted by Gasteiger charge is -2.13. The molecule has 1 heterocycles. The number of rotatable bonds is 3. The van der Waals surface area contributed by atoms with E-state index in [2.05, 4.69) is 15.5 Å². The Labute approximate surface area is 107 Å². The number of benzene rings is 1. The van der Waals surface area contributed by atoms with Gasteiger partial charge in [-0.15, -0.1) is 0 Å². The van der Waals surface area contributed by atoms with Crippen LogP contribution in [-0.4, -0.2) is 42.2 Å². The van der Waals surface area contributed by atoms with Gasteiger partial charge in [-0.05, 0) is 37.7 Å². The number of hydrogen-bond acceptors (Lipinski definition) is 3. The SMILES string of the molecule is CN1CC[C@@H](NC(=O)NCc2cccc(O)c2)C1. The molecule has 1 atom stereocenters. The van der Waals surface area contributed by atoms with Crippen molar-refractivity contribution < 1.29 is 9.90 Å². The highest BCUT2D eigenvalue weighted by molar-refractivity contribution is 5.74. The first-order chi connectivity index (χ1) is 8.63. The predicted molar refractivity (Wildman–Crippen MR) is 69.4 cm³/mol. The summed E-state index contributed by atoms with van der Waals surface area (Å²) in [6.07, 6.45) is 0.996. The van der Waals surface area contributed by atoms with Crippen LogP contribution in [0.3, 0.4) is 0 Å². The first-order valence-corrected chi connectivity index (χ1v) is 6.14. The number of carbonyl (C=O) groups excluding carboxylic acids is 1. The first kappa shape index (κ1) is 12.7. The second-order valence-corrected chi connectivity index (χ2v) is 4.74. The van der Waals surface area contributed by atoms with Crippen LogP contribution in [0.25, 0.3) is 0 Å². The molecule has 98 valence electrons. The normalized spacial score (nSPS) is 19.7. The molecular weight excluding hydrogens is 230 g/mol. The molecule has 0 aliphatic carbocycles. The van der Waals surface area contributed by atoms with Crippen molar-refractivity contribution in [2.24, 2.45) is 0 Å². The van der Waals surface area contributed by atoms with Crippen molar-refractivity contribution in [2.75, 3.05) is 20.1 Å². The van der Waals surface area contributed by atoms with E-state index in [4.69, 9.17) is 0 Å². The average molecular weight is 249 g/mol. The zero-order valence-electron chi connectivity index (χ0n) is 10.5. The summed E-state index contributed by atoms with van der Waals surface area (Å²) in [7, 11) is 2.05. The minimum absolute atomic E-state index is 0.154. The van der Waals surface area contributed by atoms with Gasteiger partial charge in [0.05, 0.1) is 0 Å². The molecule has 0 radical (unpaired) electrons. The Morgan fingerprint density at radius 2 is 2.39 bits per heavy atom. The lowest BCUT2D eigenvalue weighted by atomic mass is 10.2. The molecule has 1 aliphatic rings. The fraction of sp³-hybridized carbons (Fsp3) is 0.462. The second kappa shape index (κ2) is 5.73. The summed E-state index contributed by atoms with van der Waals surface area (Å²) >= 11 is 0. The molecule has 5 nitrogen and oxygen atoms in total. The van der Waals surface area contributed by atoms with Crippen LogP contribution in [0.2, 0.25) is 0 Å². The Morgan fingerprint density at radius 1 is 1.56 bits per heavy atom. The zero-order valence-corrected chi connectivity index (χ0v) is 10.5. The van der Waals surface area contributed by atoms with Crippen LogP contribution < -0.4 is 10.6 Å². The van der Waals surface area contributed by atoms with Gasteiger partial charge in [-0.2, -0.15) is 0 Å². The second-order valence-electron chi connectivity index (χ2n) is 4.74. The van der Waals surface area contributed by atoms with Gasteiger partial charge in [0.2, 0.25) is 0 Å². The van der Waals surface area contributed by atoms with Crippen molar-refractivity contribution in [3.05, 3.63) is 29.8 Å². The molecule has 0 spiro atoms. The number of nitrogens with one attached hydrogen (secondary N) is 2. The zero-order chi connectivity index (χ0) is 13.0. The minimum atomic E-state index is -0.154. The number of hydrogen-bond donors (Lipinski definition) is 3. The van der Waals surface area contributed by atoms with E-state index in [1.54, 1.807) is 18.2 Å². The predicted octanol–water partition coefficient (Wildman–Crippen LogP) is 0.895. The molecule has 2 rings (SSSR count). The van der Waals surface area contributed by atoms with Crippen LogP contribution in [0.4, 0.5) is 4.79 Å². The van der Waals surface area contributed by atoms with Gasteiger partial charge in [0, 0.05) is 19.1 Å². The standard InChI is InChI=1S/C13H19N3O2/c1-16-6-5-11(9-16)15-13(18)14-8-10-3-2-4-12(17)7-10/h2-4,7,11,17H,5-6,8-9H2,1H3,(H2,14,15,18)/t11-/m1/s1. The lowest BCUT2D eigenvalue weighted by Crippen LogP contribution is -2.42. The largest absolute Gasteiger partial charge is 0.508 e. The molecule has 0 unspecified atom stereocenters. The maximum absolute atomic E-state index is 11.7. The molecule has 2 amide bonds. The number of likely N-dealkylation sites (tertiary alicyclic amines) is 1. The number of likely N-dealkylation sites (N-methyl/N-ethyl adjacent to an activating group) is 1. The first-order valence-electron chi connectivity index (χ1n) is 6.14. The summed E-state index contributed by atoms with van der Waals surface area (Å²) in [6, 6.07) is 6.96. The summed E-state index contributed by atoms with van der Waals surface area (Å²) in [5.74, 6) is 0.215. The molecule has 0 aromatic heterocycles. The van der Waals surface area contributed by atoms with Crippen LogP contribution in [0.15, 0.2) is 24.3 Å². The quantitative estimate of drug-likeness (QED) is 0.745. The molecule has 5 heteroatoms. The number of phenolic OH excluding ortho intramolecular Hbond substituents is 1. The van der Waals surface area contributed by atoms with Crippen molar-refractivity contribution in [1.29, 1.82) is 0 Å². The van der Waals surface area contributed by atoms with Gasteiger partial charge in [-0.3, -0.25) is 0 Å². The van der Waals surface area contributed by atoms with E-state index in [0.717, 1.165) is 25.1 Å². The Bertz CT molecular complexity index is 422. The number of carbonyl (C=O) groups is 1. The molecule has 0 bridgehead atoms. The van der Waals surface area contributed by atoms with Crippen LogP contribution in [0.1, 0.15) is 12.0 Å². The Hall–Kier alpha value is -1.75. The molecule has 0 saturated carbocycles. The van der Waals surface area contributed by atoms with Crippen LogP contribution in [0, 0.1) is 0 Å². The van der Waals surface area contributed by atoms with Gasteiger partial charge in [-0.1, -0.05) is 12.1 Å². The van der Waals surface area contributed by atoms with Crippen molar-refractivity contribution in [1.82, 2.24) is 15.5 Å². The molecule has 3 N–H and O–H groups in total. The third kappa shape index (κ3) is 3.63. The van der Waals surface area contributed by atoms with E-state index >= 15 is 0 Å². The maximum atomic E-state index is 11.7. The van der Waals surface area contributed by atoms with Crippen molar-refractivity contribution in [2.45, 2.75) is 19.0 Å². The molecule has 1 fully saturated rings. The smallest absolute Gasteiger partial charge is 0.315 e. The van der Waals surface area contributed by atoms with Crippen molar-refractivity contribution in [3.63, 3.8) is 0 Å². The highest BCUT2D eigenvalue weighted by Crippen LogP contribution is 2.10. The van der Waals surface area contributed by atoms with E-state index < -0.39 is 0 Å². The van der Waals surface area contributed by atoms with Gasteiger partial charge >= 0.3 is 6.03 Å². The monoisotopic (exact) mass is 249 g/mol. The third-order valence-corrected chi connectivity index (χ3v) is 3.09. The Balaban J connectivity index is 1.75. The van der Waals surface area contributed by atoms with Gasteiger partial charge in [0.25, 0.3) is 0 Å². The highest BCUT2D eigenvalue weighted by Gasteiger charge is 2.20. The fourth-order valence-corrected chi connectivity index (χ4v) is 2.14. The number of aromatic hydroxyl groups is 1. The summed E-state index contributed by atoms with van der Waals surface area (Å²) in [6.45, 7) is 2.35. The molecule has 1 saturated heterocycles. The van der Waals surface area contributed by atoms with E-state index in [0.29, 0.717) is 6.54 Å². The minimum Gasteiger partial charge on any atom is -0.508 e. The van der Waals surface area contributed by atoms with Gasteiger partial charge in [0.15, 0.2) is 0 Å². The summed E-state index contributed by atoms with van der Waals surface area (Å²) in [4.78, 5) is 13.9. The highest BCUT2D eigenvalue weighted by atomic mass is 16.3. The van der Waals surface area contributed by atoms with Crippen molar-refractivity contribution >= 4 is 6.03 Å². The summed E-state index contributed by atoms with van der Waals surface area (Å²) < 4.78 is 0. The number of amides is 2. The molecule has 1 aromatic carbocycles. The van der Waals surface area contributed by atoms with Gasteiger partial charge in [0.1, 0.15) is 5.75 Å². The molecular formula is C13H19N3O2. The van der Waals surface area contributed by atoms with E-state index in [1.165, 1.54) is 0 Å². The number of phenols is 1. The Kier molecular flexibility index (Phi) is 4.04. The Morgan fingerprint density at radius 3 is 3.06 bits per heavy atom. The van der Waals surface area contributed by atoms with Crippen LogP contribution in [0.5, 0.6) is 5.75 Å². The van der Waals surface area contributed by atoms with Crippen LogP contribution >= 0.6 is 0 Å². The van der Waals surface area contributed by atoms with Crippen LogP contribution in [-0.2, 0) is 6.54 Å². The maximum Gasteiger partial charge on any atom is 0.315 e. The number of urea groups is 1. The molecule has 1 aromatic rings. The topological polar surface area (TPSA) is 64.6 Å².